The summed E-state index contributed by atoms with van der Waals surface area (Å²) in [7, 11) is 0. The van der Waals surface area contributed by atoms with Crippen LogP contribution in [0.15, 0.2) is 0 Å². The molecule has 1 N–H and O–H groups in total. The average molecular weight is 279 g/mol. The highest BCUT2D eigenvalue weighted by atomic mass is 15.3. The second kappa shape index (κ2) is 5.94. The van der Waals surface area contributed by atoms with Crippen molar-refractivity contribution in [1.82, 2.24) is 15.1 Å². The van der Waals surface area contributed by atoms with Crippen molar-refractivity contribution in [3.63, 3.8) is 0 Å². The van der Waals surface area contributed by atoms with Gasteiger partial charge in [0, 0.05) is 37.8 Å². The van der Waals surface area contributed by atoms with E-state index in [9.17, 15) is 0 Å². The summed E-state index contributed by atoms with van der Waals surface area (Å²) in [5.41, 5.74) is 0.463. The van der Waals surface area contributed by atoms with Crippen molar-refractivity contribution in [3.05, 3.63) is 0 Å². The fraction of sp³-hybridized carbons (Fsp3) is 1.00. The molecule has 0 bridgehead atoms. The Morgan fingerprint density at radius 1 is 1.05 bits per heavy atom. The summed E-state index contributed by atoms with van der Waals surface area (Å²) < 4.78 is 0. The molecule has 3 atom stereocenters. The third-order valence-electron chi connectivity index (χ3n) is 6.07. The number of rotatable bonds is 3. The Morgan fingerprint density at radius 2 is 1.85 bits per heavy atom. The number of hydrogen-bond donors (Lipinski definition) is 1. The zero-order chi connectivity index (χ0) is 14.2. The summed E-state index contributed by atoms with van der Waals surface area (Å²) in [6.07, 6.45) is 7.06. The molecule has 3 rings (SSSR count). The van der Waals surface area contributed by atoms with Crippen LogP contribution in [-0.4, -0.2) is 60.6 Å². The number of fused-ring (bicyclic) bond motifs is 1. The van der Waals surface area contributed by atoms with E-state index in [0.717, 1.165) is 18.6 Å². The van der Waals surface area contributed by atoms with Gasteiger partial charge in [-0.15, -0.1) is 0 Å². The van der Waals surface area contributed by atoms with Crippen LogP contribution in [0.1, 0.15) is 52.9 Å². The van der Waals surface area contributed by atoms with Gasteiger partial charge in [-0.1, -0.05) is 27.2 Å². The Morgan fingerprint density at radius 3 is 2.65 bits per heavy atom. The summed E-state index contributed by atoms with van der Waals surface area (Å²) in [5, 5.41) is 3.80. The average Bonchev–Trinajstić information content (AvgIpc) is 2.75. The maximum absolute atomic E-state index is 3.80. The molecule has 2 saturated heterocycles. The molecule has 0 aromatic heterocycles. The van der Waals surface area contributed by atoms with Gasteiger partial charge in [0.05, 0.1) is 0 Å². The van der Waals surface area contributed by atoms with Crippen LogP contribution in [0.5, 0.6) is 0 Å². The molecule has 0 aromatic carbocycles. The third kappa shape index (κ3) is 2.77. The summed E-state index contributed by atoms with van der Waals surface area (Å²) >= 11 is 0. The smallest absolute Gasteiger partial charge is 0.0274 e. The number of hydrogen-bond acceptors (Lipinski definition) is 3. The Kier molecular flexibility index (Phi) is 4.40. The van der Waals surface area contributed by atoms with Gasteiger partial charge >= 0.3 is 0 Å². The number of piperazine rings is 1. The number of nitrogens with zero attached hydrogens (tertiary/aromatic N) is 2. The quantitative estimate of drug-likeness (QED) is 0.855. The first-order valence-corrected chi connectivity index (χ1v) is 8.83. The zero-order valence-corrected chi connectivity index (χ0v) is 13.7. The Hall–Kier alpha value is -0.120. The van der Waals surface area contributed by atoms with Gasteiger partial charge in [-0.05, 0) is 44.2 Å². The summed E-state index contributed by atoms with van der Waals surface area (Å²) in [4.78, 5) is 5.58. The second-order valence-corrected chi connectivity index (χ2v) is 7.81. The summed E-state index contributed by atoms with van der Waals surface area (Å²) in [6.45, 7) is 13.5. The molecule has 1 saturated carbocycles. The van der Waals surface area contributed by atoms with E-state index < -0.39 is 0 Å². The summed E-state index contributed by atoms with van der Waals surface area (Å²) in [6, 6.07) is 2.31. The van der Waals surface area contributed by atoms with E-state index in [0.29, 0.717) is 11.5 Å². The van der Waals surface area contributed by atoms with E-state index in [1.807, 2.05) is 0 Å². The van der Waals surface area contributed by atoms with Gasteiger partial charge in [-0.2, -0.15) is 0 Å². The molecule has 3 heteroatoms. The molecule has 0 spiro atoms. The first-order valence-electron chi connectivity index (χ1n) is 8.83. The van der Waals surface area contributed by atoms with Crippen molar-refractivity contribution < 1.29 is 0 Å². The van der Waals surface area contributed by atoms with E-state index in [2.05, 4.69) is 35.9 Å². The van der Waals surface area contributed by atoms with Gasteiger partial charge < -0.3 is 5.32 Å². The lowest BCUT2D eigenvalue weighted by Crippen LogP contribution is -2.60. The van der Waals surface area contributed by atoms with Gasteiger partial charge in [-0.25, -0.2) is 0 Å². The highest BCUT2D eigenvalue weighted by molar-refractivity contribution is 5.02. The van der Waals surface area contributed by atoms with Crippen LogP contribution in [-0.2, 0) is 0 Å². The van der Waals surface area contributed by atoms with Gasteiger partial charge in [0.1, 0.15) is 0 Å². The minimum absolute atomic E-state index is 0.463. The second-order valence-electron chi connectivity index (χ2n) is 7.81. The van der Waals surface area contributed by atoms with E-state index in [4.69, 9.17) is 0 Å². The van der Waals surface area contributed by atoms with Gasteiger partial charge in [0.15, 0.2) is 0 Å². The van der Waals surface area contributed by atoms with Crippen LogP contribution in [0.2, 0.25) is 0 Å². The van der Waals surface area contributed by atoms with Crippen LogP contribution in [0.3, 0.4) is 0 Å². The molecule has 1 aliphatic carbocycles. The Labute approximate surface area is 125 Å². The number of likely N-dealkylation sites (N-methyl/N-ethyl adjacent to an activating group) is 1. The minimum Gasteiger partial charge on any atom is -0.312 e. The molecule has 0 aromatic rings. The molecule has 2 heterocycles. The summed E-state index contributed by atoms with van der Waals surface area (Å²) in [5.74, 6) is 0. The molecule has 3 aliphatic rings. The normalized spacial score (nSPS) is 38.9. The van der Waals surface area contributed by atoms with Gasteiger partial charge in [0.2, 0.25) is 0 Å². The zero-order valence-electron chi connectivity index (χ0n) is 13.7. The molecule has 116 valence electrons. The molecule has 0 radical (unpaired) electrons. The van der Waals surface area contributed by atoms with Crippen molar-refractivity contribution in [1.29, 1.82) is 0 Å². The Bertz CT molecular complexity index is 328. The molecule has 0 amide bonds. The fourth-order valence-corrected chi connectivity index (χ4v) is 4.87. The highest BCUT2D eigenvalue weighted by Crippen LogP contribution is 2.40. The fourth-order valence-electron chi connectivity index (χ4n) is 4.87. The molecule has 3 nitrogen and oxygen atoms in total. The SMILES string of the molecule is CCNC1C(N2CCN3CCCCC3C2)CCC1(C)C. The molecule has 3 fully saturated rings. The lowest BCUT2D eigenvalue weighted by atomic mass is 9.86. The van der Waals surface area contributed by atoms with Crippen molar-refractivity contribution >= 4 is 0 Å². The van der Waals surface area contributed by atoms with Gasteiger partial charge in [-0.3, -0.25) is 9.80 Å². The molecule has 20 heavy (non-hydrogen) atoms. The van der Waals surface area contributed by atoms with Crippen LogP contribution >= 0.6 is 0 Å². The standard InChI is InChI=1S/C17H33N3/c1-4-18-16-15(8-9-17(16,2)3)20-12-11-19-10-6-5-7-14(19)13-20/h14-16,18H,4-13H2,1-3H3. The van der Waals surface area contributed by atoms with E-state index in [-0.39, 0.29) is 0 Å². The largest absolute Gasteiger partial charge is 0.312 e. The monoisotopic (exact) mass is 279 g/mol. The minimum atomic E-state index is 0.463. The van der Waals surface area contributed by atoms with Crippen molar-refractivity contribution in [2.24, 2.45) is 5.41 Å². The van der Waals surface area contributed by atoms with E-state index in [1.54, 1.807) is 0 Å². The van der Waals surface area contributed by atoms with Crippen LogP contribution in [0, 0.1) is 5.41 Å². The lowest BCUT2D eigenvalue weighted by molar-refractivity contribution is 0.0182. The van der Waals surface area contributed by atoms with Crippen LogP contribution in [0.4, 0.5) is 0 Å². The van der Waals surface area contributed by atoms with Crippen molar-refractivity contribution in [2.45, 2.75) is 71.0 Å². The van der Waals surface area contributed by atoms with E-state index >= 15 is 0 Å². The molecule has 2 aliphatic heterocycles. The number of piperidine rings is 1. The maximum Gasteiger partial charge on any atom is 0.0274 e. The predicted octanol–water partition coefficient (Wildman–Crippen LogP) is 2.32. The lowest BCUT2D eigenvalue weighted by Gasteiger charge is -2.48. The first kappa shape index (κ1) is 14.8. The molecule has 3 unspecified atom stereocenters. The number of nitrogens with one attached hydrogen (secondary N) is 1. The van der Waals surface area contributed by atoms with E-state index in [1.165, 1.54) is 58.3 Å². The molecular formula is C17H33N3. The Balaban J connectivity index is 1.66. The third-order valence-corrected chi connectivity index (χ3v) is 6.07. The van der Waals surface area contributed by atoms with Crippen molar-refractivity contribution in [2.75, 3.05) is 32.7 Å². The first-order chi connectivity index (χ1) is 9.62. The topological polar surface area (TPSA) is 18.5 Å². The van der Waals surface area contributed by atoms with Gasteiger partial charge in [0.25, 0.3) is 0 Å². The van der Waals surface area contributed by atoms with Crippen LogP contribution < -0.4 is 5.32 Å². The van der Waals surface area contributed by atoms with Crippen LogP contribution in [0.25, 0.3) is 0 Å². The maximum atomic E-state index is 3.80. The predicted molar refractivity (Wildman–Crippen MR) is 85.1 cm³/mol. The highest BCUT2D eigenvalue weighted by Gasteiger charge is 2.45. The molecular weight excluding hydrogens is 246 g/mol. The van der Waals surface area contributed by atoms with Crippen molar-refractivity contribution in [3.8, 4) is 0 Å².